The van der Waals surface area contributed by atoms with E-state index in [2.05, 4.69) is 14.8 Å². The number of aromatic nitrogens is 3. The molecule has 1 atom stereocenters. The number of carbonyl (C=O) groups is 1. The maximum Gasteiger partial charge on any atom is 0.136 e. The molecule has 86 valence electrons. The first-order valence-electron chi connectivity index (χ1n) is 6.18. The van der Waals surface area contributed by atoms with E-state index >= 15 is 0 Å². The molecule has 3 rings (SSSR count). The molecule has 0 bridgehead atoms. The molecule has 0 N–H and O–H groups in total. The number of fused-ring (bicyclic) bond motifs is 1. The third-order valence-corrected chi connectivity index (χ3v) is 4.02. The van der Waals surface area contributed by atoms with Crippen molar-refractivity contribution in [2.45, 2.75) is 51.5 Å². The summed E-state index contributed by atoms with van der Waals surface area (Å²) in [6, 6.07) is 0. The lowest BCUT2D eigenvalue weighted by Gasteiger charge is -2.28. The van der Waals surface area contributed by atoms with E-state index < -0.39 is 0 Å². The minimum absolute atomic E-state index is 0.183. The highest BCUT2D eigenvalue weighted by molar-refractivity contribution is 5.78. The highest BCUT2D eigenvalue weighted by Gasteiger charge is 2.30. The Balaban J connectivity index is 1.88. The molecule has 1 saturated carbocycles. The lowest BCUT2D eigenvalue weighted by atomic mass is 9.84. The molecule has 1 unspecified atom stereocenters. The Morgan fingerprint density at radius 1 is 1.31 bits per heavy atom. The van der Waals surface area contributed by atoms with Gasteiger partial charge in [-0.1, -0.05) is 6.42 Å². The molecular formula is C12H17N3O. The van der Waals surface area contributed by atoms with Crippen LogP contribution in [0.5, 0.6) is 0 Å². The Bertz CT molecular complexity index is 420. The number of Topliss-reactive ketones (excluding diaryl/α,β-unsaturated/α-hetero) is 1. The van der Waals surface area contributed by atoms with Gasteiger partial charge < -0.3 is 4.57 Å². The molecule has 0 saturated heterocycles. The summed E-state index contributed by atoms with van der Waals surface area (Å²) >= 11 is 0. The second-order valence-corrected chi connectivity index (χ2v) is 5.06. The molecule has 0 spiro atoms. The average Bonchev–Trinajstić information content (AvgIpc) is 2.59. The van der Waals surface area contributed by atoms with E-state index in [1.807, 2.05) is 0 Å². The van der Waals surface area contributed by atoms with Gasteiger partial charge in [-0.25, -0.2) is 0 Å². The first kappa shape index (κ1) is 10.00. The van der Waals surface area contributed by atoms with Crippen molar-refractivity contribution < 1.29 is 4.79 Å². The van der Waals surface area contributed by atoms with E-state index in [0.717, 1.165) is 31.0 Å². The fourth-order valence-electron chi connectivity index (χ4n) is 2.65. The minimum Gasteiger partial charge on any atom is -0.314 e. The van der Waals surface area contributed by atoms with Crippen molar-refractivity contribution in [3.8, 4) is 0 Å². The molecule has 1 aromatic rings. The second kappa shape index (κ2) is 3.68. The van der Waals surface area contributed by atoms with Crippen LogP contribution in [0.25, 0.3) is 0 Å². The normalized spacial score (nSPS) is 24.9. The van der Waals surface area contributed by atoms with E-state index in [-0.39, 0.29) is 5.92 Å². The zero-order valence-corrected chi connectivity index (χ0v) is 9.65. The Morgan fingerprint density at radius 3 is 2.75 bits per heavy atom. The summed E-state index contributed by atoms with van der Waals surface area (Å²) in [5.74, 6) is 3.31. The predicted molar refractivity (Wildman–Crippen MR) is 59.1 cm³/mol. The zero-order valence-electron chi connectivity index (χ0n) is 9.65. The van der Waals surface area contributed by atoms with Gasteiger partial charge >= 0.3 is 0 Å². The monoisotopic (exact) mass is 219 g/mol. The number of hydrogen-bond acceptors (Lipinski definition) is 3. The summed E-state index contributed by atoms with van der Waals surface area (Å²) in [5.41, 5.74) is 0. The zero-order chi connectivity index (χ0) is 11.1. The van der Waals surface area contributed by atoms with Crippen LogP contribution in [0.3, 0.4) is 0 Å². The van der Waals surface area contributed by atoms with Crippen molar-refractivity contribution in [3.05, 3.63) is 11.6 Å². The van der Waals surface area contributed by atoms with Crippen molar-refractivity contribution in [2.24, 2.45) is 5.92 Å². The molecule has 4 heteroatoms. The van der Waals surface area contributed by atoms with E-state index in [0.29, 0.717) is 11.7 Å². The summed E-state index contributed by atoms with van der Waals surface area (Å²) in [4.78, 5) is 11.4. The number of ketones is 1. The minimum atomic E-state index is 0.183. The molecule has 1 aromatic heterocycles. The third kappa shape index (κ3) is 1.47. The van der Waals surface area contributed by atoms with Gasteiger partial charge in [-0.05, 0) is 26.2 Å². The van der Waals surface area contributed by atoms with E-state index in [1.165, 1.54) is 19.3 Å². The highest BCUT2D eigenvalue weighted by atomic mass is 16.1. The Hall–Kier alpha value is -1.19. The number of hydrogen-bond donors (Lipinski definition) is 0. The predicted octanol–water partition coefficient (Wildman–Crippen LogP) is 1.70. The standard InChI is InChI=1S/C12H17N3O/c1-8(16)10-5-6-11-13-14-12(15(11)7-10)9-3-2-4-9/h9-10H,2-7H2,1H3. The number of aryl methyl sites for hydroxylation is 1. The first-order chi connectivity index (χ1) is 7.75. The molecule has 1 aliphatic heterocycles. The molecule has 1 aliphatic carbocycles. The lowest BCUT2D eigenvalue weighted by molar-refractivity contribution is -0.121. The second-order valence-electron chi connectivity index (χ2n) is 5.06. The highest BCUT2D eigenvalue weighted by Crippen LogP contribution is 2.36. The molecule has 0 aromatic carbocycles. The van der Waals surface area contributed by atoms with Gasteiger partial charge in [0.05, 0.1) is 0 Å². The summed E-state index contributed by atoms with van der Waals surface area (Å²) < 4.78 is 2.21. The summed E-state index contributed by atoms with van der Waals surface area (Å²) in [7, 11) is 0. The van der Waals surface area contributed by atoms with Gasteiger partial charge in [0, 0.05) is 24.8 Å². The van der Waals surface area contributed by atoms with Crippen molar-refractivity contribution in [3.63, 3.8) is 0 Å². The first-order valence-corrected chi connectivity index (χ1v) is 6.18. The molecular weight excluding hydrogens is 202 g/mol. The molecule has 2 heterocycles. The van der Waals surface area contributed by atoms with Crippen molar-refractivity contribution in [1.82, 2.24) is 14.8 Å². The maximum absolute atomic E-state index is 11.4. The molecule has 0 radical (unpaired) electrons. The van der Waals surface area contributed by atoms with Crippen LogP contribution in [0, 0.1) is 5.92 Å². The lowest BCUT2D eigenvalue weighted by Crippen LogP contribution is -2.28. The van der Waals surface area contributed by atoms with Crippen molar-refractivity contribution in [1.29, 1.82) is 0 Å². The Morgan fingerprint density at radius 2 is 2.12 bits per heavy atom. The van der Waals surface area contributed by atoms with Crippen LogP contribution in [-0.2, 0) is 17.8 Å². The van der Waals surface area contributed by atoms with Crippen LogP contribution in [0.2, 0.25) is 0 Å². The van der Waals surface area contributed by atoms with E-state index in [1.54, 1.807) is 6.92 Å². The molecule has 1 fully saturated rings. The van der Waals surface area contributed by atoms with Gasteiger partial charge in [0.15, 0.2) is 0 Å². The molecule has 4 nitrogen and oxygen atoms in total. The Kier molecular flexibility index (Phi) is 2.30. The average molecular weight is 219 g/mol. The Labute approximate surface area is 95.1 Å². The summed E-state index contributed by atoms with van der Waals surface area (Å²) in [6.45, 7) is 2.51. The fourth-order valence-corrected chi connectivity index (χ4v) is 2.65. The third-order valence-electron chi connectivity index (χ3n) is 4.02. The van der Waals surface area contributed by atoms with Crippen molar-refractivity contribution in [2.75, 3.05) is 0 Å². The fraction of sp³-hybridized carbons (Fsp3) is 0.750. The van der Waals surface area contributed by atoms with E-state index in [4.69, 9.17) is 0 Å². The van der Waals surface area contributed by atoms with Crippen LogP contribution in [-0.4, -0.2) is 20.5 Å². The van der Waals surface area contributed by atoms with Gasteiger partial charge in [0.2, 0.25) is 0 Å². The number of nitrogens with zero attached hydrogens (tertiary/aromatic N) is 3. The van der Waals surface area contributed by atoms with Gasteiger partial charge in [-0.3, -0.25) is 4.79 Å². The van der Waals surface area contributed by atoms with Gasteiger partial charge in [0.25, 0.3) is 0 Å². The summed E-state index contributed by atoms with van der Waals surface area (Å²) in [5, 5.41) is 8.57. The topological polar surface area (TPSA) is 47.8 Å². The van der Waals surface area contributed by atoms with Gasteiger partial charge in [-0.15, -0.1) is 10.2 Å². The molecule has 0 amide bonds. The smallest absolute Gasteiger partial charge is 0.136 e. The van der Waals surface area contributed by atoms with Crippen LogP contribution in [0.4, 0.5) is 0 Å². The maximum atomic E-state index is 11.4. The molecule has 2 aliphatic rings. The summed E-state index contributed by atoms with van der Waals surface area (Å²) in [6.07, 6.45) is 5.64. The van der Waals surface area contributed by atoms with Gasteiger partial charge in [-0.2, -0.15) is 0 Å². The van der Waals surface area contributed by atoms with Crippen LogP contribution in [0.1, 0.15) is 50.2 Å². The van der Waals surface area contributed by atoms with Crippen LogP contribution in [0.15, 0.2) is 0 Å². The SMILES string of the molecule is CC(=O)C1CCc2nnc(C3CCC3)n2C1. The molecule has 16 heavy (non-hydrogen) atoms. The van der Waals surface area contributed by atoms with Gasteiger partial charge in [0.1, 0.15) is 17.4 Å². The largest absolute Gasteiger partial charge is 0.314 e. The number of rotatable bonds is 2. The number of carbonyl (C=O) groups excluding carboxylic acids is 1. The quantitative estimate of drug-likeness (QED) is 0.760. The van der Waals surface area contributed by atoms with Crippen LogP contribution < -0.4 is 0 Å². The van der Waals surface area contributed by atoms with Crippen LogP contribution >= 0.6 is 0 Å². The van der Waals surface area contributed by atoms with E-state index in [9.17, 15) is 4.79 Å². The van der Waals surface area contributed by atoms with Crippen molar-refractivity contribution >= 4 is 5.78 Å².